The van der Waals surface area contributed by atoms with Crippen LogP contribution in [0.5, 0.6) is 0 Å². The van der Waals surface area contributed by atoms with Gasteiger partial charge in [0.25, 0.3) is 5.91 Å². The van der Waals surface area contributed by atoms with Gasteiger partial charge in [0.15, 0.2) is 0 Å². The Morgan fingerprint density at radius 2 is 1.73 bits per heavy atom. The van der Waals surface area contributed by atoms with Crippen LogP contribution in [-0.2, 0) is 16.1 Å². The summed E-state index contributed by atoms with van der Waals surface area (Å²) in [6, 6.07) is 9.14. The van der Waals surface area contributed by atoms with Crippen LogP contribution in [0.3, 0.4) is 0 Å². The summed E-state index contributed by atoms with van der Waals surface area (Å²) in [4.78, 5) is 17.3. The lowest BCUT2D eigenvalue weighted by Gasteiger charge is -2.33. The van der Waals surface area contributed by atoms with E-state index >= 15 is 0 Å². The number of ether oxygens (including phenoxy) is 1. The zero-order valence-electron chi connectivity index (χ0n) is 16.0. The van der Waals surface area contributed by atoms with Crippen molar-refractivity contribution < 1.29 is 9.53 Å². The van der Waals surface area contributed by atoms with Gasteiger partial charge >= 0.3 is 0 Å². The van der Waals surface area contributed by atoms with Gasteiger partial charge in [0.1, 0.15) is 6.10 Å². The van der Waals surface area contributed by atoms with Crippen molar-refractivity contribution in [2.75, 3.05) is 19.6 Å². The van der Waals surface area contributed by atoms with Crippen molar-refractivity contribution in [3.63, 3.8) is 0 Å². The van der Waals surface area contributed by atoms with Crippen LogP contribution in [-0.4, -0.2) is 53.6 Å². The average molecular weight is 357 g/mol. The number of benzene rings is 1. The summed E-state index contributed by atoms with van der Waals surface area (Å²) in [5.41, 5.74) is 2.79. The van der Waals surface area contributed by atoms with Crippen molar-refractivity contribution in [1.82, 2.24) is 9.80 Å². The second kappa shape index (κ2) is 8.10. The summed E-state index contributed by atoms with van der Waals surface area (Å²) in [5, 5.41) is 0. The van der Waals surface area contributed by atoms with E-state index in [1.807, 2.05) is 0 Å². The Hall–Kier alpha value is -1.39. The van der Waals surface area contributed by atoms with Crippen LogP contribution in [0.1, 0.15) is 56.1 Å². The summed E-state index contributed by atoms with van der Waals surface area (Å²) >= 11 is 0. The minimum atomic E-state index is -0.177. The van der Waals surface area contributed by atoms with Gasteiger partial charge in [-0.25, -0.2) is 0 Å². The standard InChI is InChI=1S/C22H32N2O2/c1-17-6-2-3-7-18(17)16-23-13-10-20(11-14-23)26-21-12-15-24(22(21)25)19-8-4-5-9-19/h2-3,6-7,19-21H,4-5,8-16H2,1H3. The summed E-state index contributed by atoms with van der Waals surface area (Å²) in [5.74, 6) is 0.263. The molecule has 26 heavy (non-hydrogen) atoms. The normalized spacial score (nSPS) is 26.1. The van der Waals surface area contributed by atoms with Gasteiger partial charge in [-0.1, -0.05) is 37.1 Å². The number of likely N-dealkylation sites (tertiary alicyclic amines) is 2. The molecule has 1 saturated carbocycles. The molecular weight excluding hydrogens is 324 g/mol. The molecule has 0 bridgehead atoms. The highest BCUT2D eigenvalue weighted by atomic mass is 16.5. The quantitative estimate of drug-likeness (QED) is 0.809. The summed E-state index contributed by atoms with van der Waals surface area (Å²) in [7, 11) is 0. The van der Waals surface area contributed by atoms with Crippen LogP contribution in [0.25, 0.3) is 0 Å². The van der Waals surface area contributed by atoms with Crippen LogP contribution in [0, 0.1) is 6.92 Å². The number of nitrogens with zero attached hydrogens (tertiary/aromatic N) is 2. The molecular formula is C22H32N2O2. The topological polar surface area (TPSA) is 32.8 Å². The lowest BCUT2D eigenvalue weighted by Crippen LogP contribution is -2.41. The summed E-state index contributed by atoms with van der Waals surface area (Å²) in [6.07, 6.45) is 7.98. The number of piperidine rings is 1. The maximum Gasteiger partial charge on any atom is 0.252 e. The Bertz CT molecular complexity index is 618. The predicted octanol–water partition coefficient (Wildman–Crippen LogP) is 3.52. The van der Waals surface area contributed by atoms with E-state index in [-0.39, 0.29) is 18.1 Å². The SMILES string of the molecule is Cc1ccccc1CN1CCC(OC2CCN(C3CCCC3)C2=O)CC1. The molecule has 4 nitrogen and oxygen atoms in total. The molecule has 1 amide bonds. The first-order valence-corrected chi connectivity index (χ1v) is 10.4. The largest absolute Gasteiger partial charge is 0.365 e. The third-order valence-electron chi connectivity index (χ3n) is 6.50. The minimum Gasteiger partial charge on any atom is -0.365 e. The van der Waals surface area contributed by atoms with Crippen molar-refractivity contribution in [3.05, 3.63) is 35.4 Å². The zero-order valence-corrected chi connectivity index (χ0v) is 16.0. The number of hydrogen-bond donors (Lipinski definition) is 0. The van der Waals surface area contributed by atoms with Gasteiger partial charge in [-0.3, -0.25) is 9.69 Å². The van der Waals surface area contributed by atoms with Crippen LogP contribution >= 0.6 is 0 Å². The highest BCUT2D eigenvalue weighted by molar-refractivity contribution is 5.83. The highest BCUT2D eigenvalue weighted by Crippen LogP contribution is 2.29. The van der Waals surface area contributed by atoms with Gasteiger partial charge in [0.2, 0.25) is 0 Å². The van der Waals surface area contributed by atoms with Gasteiger partial charge in [-0.05, 0) is 43.7 Å². The number of rotatable bonds is 5. The molecule has 1 aromatic carbocycles. The fraction of sp³-hybridized carbons (Fsp3) is 0.682. The van der Waals surface area contributed by atoms with Gasteiger partial charge in [0, 0.05) is 38.6 Å². The molecule has 1 atom stereocenters. The van der Waals surface area contributed by atoms with E-state index in [1.54, 1.807) is 0 Å². The van der Waals surface area contributed by atoms with E-state index in [9.17, 15) is 4.79 Å². The van der Waals surface area contributed by atoms with E-state index in [4.69, 9.17) is 4.74 Å². The first-order chi connectivity index (χ1) is 12.7. The van der Waals surface area contributed by atoms with E-state index in [0.717, 1.165) is 45.4 Å². The molecule has 0 aromatic heterocycles. The smallest absolute Gasteiger partial charge is 0.252 e. The maximum atomic E-state index is 12.7. The molecule has 3 aliphatic rings. The monoisotopic (exact) mass is 356 g/mol. The Labute approximate surface area is 157 Å². The number of amides is 1. The molecule has 1 aliphatic carbocycles. The Kier molecular flexibility index (Phi) is 5.60. The Morgan fingerprint density at radius 3 is 2.46 bits per heavy atom. The molecule has 4 heteroatoms. The Balaban J connectivity index is 1.24. The lowest BCUT2D eigenvalue weighted by atomic mass is 10.0. The number of aryl methyl sites for hydroxylation is 1. The van der Waals surface area contributed by atoms with Gasteiger partial charge in [0.05, 0.1) is 6.10 Å². The van der Waals surface area contributed by atoms with Crippen molar-refractivity contribution in [3.8, 4) is 0 Å². The van der Waals surface area contributed by atoms with E-state index < -0.39 is 0 Å². The highest BCUT2D eigenvalue weighted by Gasteiger charge is 2.38. The number of carbonyl (C=O) groups excluding carboxylic acids is 1. The van der Waals surface area contributed by atoms with Crippen molar-refractivity contribution in [2.45, 2.75) is 76.7 Å². The molecule has 3 fully saturated rings. The van der Waals surface area contributed by atoms with Crippen LogP contribution < -0.4 is 0 Å². The van der Waals surface area contributed by atoms with Gasteiger partial charge in [-0.15, -0.1) is 0 Å². The summed E-state index contributed by atoms with van der Waals surface area (Å²) < 4.78 is 6.26. The van der Waals surface area contributed by atoms with Crippen molar-refractivity contribution in [2.24, 2.45) is 0 Å². The molecule has 0 N–H and O–H groups in total. The van der Waals surface area contributed by atoms with Gasteiger partial charge < -0.3 is 9.64 Å². The van der Waals surface area contributed by atoms with Crippen LogP contribution in [0.2, 0.25) is 0 Å². The summed E-state index contributed by atoms with van der Waals surface area (Å²) in [6.45, 7) is 6.24. The van der Waals surface area contributed by atoms with Crippen molar-refractivity contribution in [1.29, 1.82) is 0 Å². The Morgan fingerprint density at radius 1 is 1.00 bits per heavy atom. The maximum absolute atomic E-state index is 12.7. The first-order valence-electron chi connectivity index (χ1n) is 10.4. The molecule has 1 unspecified atom stereocenters. The van der Waals surface area contributed by atoms with Crippen LogP contribution in [0.4, 0.5) is 0 Å². The second-order valence-corrected chi connectivity index (χ2v) is 8.29. The third kappa shape index (κ3) is 3.96. The molecule has 0 spiro atoms. The molecule has 2 heterocycles. The van der Waals surface area contributed by atoms with Crippen molar-refractivity contribution >= 4 is 5.91 Å². The zero-order chi connectivity index (χ0) is 17.9. The fourth-order valence-electron chi connectivity index (χ4n) is 4.84. The number of carbonyl (C=O) groups is 1. The third-order valence-corrected chi connectivity index (χ3v) is 6.50. The first kappa shape index (κ1) is 18.0. The van der Waals surface area contributed by atoms with E-state index in [2.05, 4.69) is 41.0 Å². The van der Waals surface area contributed by atoms with E-state index in [1.165, 1.54) is 36.8 Å². The molecule has 2 saturated heterocycles. The second-order valence-electron chi connectivity index (χ2n) is 8.29. The lowest BCUT2D eigenvalue weighted by molar-refractivity contribution is -0.143. The number of hydrogen-bond acceptors (Lipinski definition) is 3. The van der Waals surface area contributed by atoms with Gasteiger partial charge in [-0.2, -0.15) is 0 Å². The molecule has 2 aliphatic heterocycles. The molecule has 142 valence electrons. The molecule has 1 aromatic rings. The van der Waals surface area contributed by atoms with E-state index in [0.29, 0.717) is 6.04 Å². The molecule has 0 radical (unpaired) electrons. The van der Waals surface area contributed by atoms with Crippen LogP contribution in [0.15, 0.2) is 24.3 Å². The predicted molar refractivity (Wildman–Crippen MR) is 103 cm³/mol. The minimum absolute atomic E-state index is 0.177. The average Bonchev–Trinajstić information content (AvgIpc) is 3.29. The molecule has 4 rings (SSSR count). The fourth-order valence-corrected chi connectivity index (χ4v) is 4.84.